The molecule has 1 aromatic carbocycles. The minimum atomic E-state index is -0.0666. The van der Waals surface area contributed by atoms with E-state index in [4.69, 9.17) is 0 Å². The third-order valence-corrected chi connectivity index (χ3v) is 2.81. The number of amides is 1. The summed E-state index contributed by atoms with van der Waals surface area (Å²) in [5.41, 5.74) is 1.46. The number of nitrogens with zero attached hydrogens (tertiary/aromatic N) is 1. The number of carbonyl (C=O) groups is 1. The molecule has 2 rings (SSSR count). The average Bonchev–Trinajstić information content (AvgIpc) is 2.97. The van der Waals surface area contributed by atoms with Gasteiger partial charge in [-0.1, -0.05) is 18.2 Å². The number of hydrogen-bond acceptors (Lipinski definition) is 3. The molecule has 100 valence electrons. The molecule has 0 saturated heterocycles. The second-order valence-electron chi connectivity index (χ2n) is 4.20. The van der Waals surface area contributed by atoms with Gasteiger partial charge in [-0.2, -0.15) is 0 Å². The summed E-state index contributed by atoms with van der Waals surface area (Å²) in [6.45, 7) is 1.55. The highest BCUT2D eigenvalue weighted by Crippen LogP contribution is 2.19. The van der Waals surface area contributed by atoms with E-state index in [1.54, 1.807) is 12.4 Å². The molecule has 5 nitrogen and oxygen atoms in total. The van der Waals surface area contributed by atoms with Gasteiger partial charge in [-0.15, -0.1) is 0 Å². The number of imidazole rings is 1. The van der Waals surface area contributed by atoms with Crippen LogP contribution in [0, 0.1) is 0 Å². The minimum absolute atomic E-state index is 0.0666. The number of aromatic nitrogens is 2. The van der Waals surface area contributed by atoms with E-state index in [2.05, 4.69) is 20.6 Å². The van der Waals surface area contributed by atoms with Gasteiger partial charge in [-0.25, -0.2) is 4.98 Å². The Kier molecular flexibility index (Phi) is 4.69. The first-order chi connectivity index (χ1) is 9.33. The molecule has 0 aliphatic carbocycles. The second-order valence-corrected chi connectivity index (χ2v) is 4.20. The Labute approximate surface area is 112 Å². The number of hydrogen-bond donors (Lipinski definition) is 3. The summed E-state index contributed by atoms with van der Waals surface area (Å²) in [5, 5.41) is 5.96. The van der Waals surface area contributed by atoms with Crippen molar-refractivity contribution in [2.24, 2.45) is 0 Å². The van der Waals surface area contributed by atoms with Gasteiger partial charge < -0.3 is 15.6 Å². The highest BCUT2D eigenvalue weighted by Gasteiger charge is 2.12. The van der Waals surface area contributed by atoms with Crippen LogP contribution in [0.2, 0.25) is 0 Å². The smallest absolute Gasteiger partial charge is 0.252 e. The quantitative estimate of drug-likeness (QED) is 0.686. The number of H-pyrrole nitrogens is 1. The van der Waals surface area contributed by atoms with E-state index >= 15 is 0 Å². The molecule has 1 heterocycles. The molecule has 19 heavy (non-hydrogen) atoms. The molecule has 0 saturated carbocycles. The van der Waals surface area contributed by atoms with Crippen LogP contribution in [0.4, 0.5) is 0 Å². The van der Waals surface area contributed by atoms with Gasteiger partial charge in [0.2, 0.25) is 0 Å². The van der Waals surface area contributed by atoms with Crippen LogP contribution in [0.15, 0.2) is 36.7 Å². The number of nitrogens with one attached hydrogen (secondary N) is 3. The standard InChI is InChI=1S/C14H18N4O/c1-15-7-4-8-18-14(19)12-6-3-2-5-11(12)13-16-9-10-17-13/h2-3,5-6,9-10,15H,4,7-8H2,1H3,(H,16,17)(H,18,19). The lowest BCUT2D eigenvalue weighted by atomic mass is 10.1. The molecular weight excluding hydrogens is 240 g/mol. The Morgan fingerprint density at radius 1 is 1.32 bits per heavy atom. The number of benzene rings is 1. The zero-order valence-electron chi connectivity index (χ0n) is 10.9. The zero-order chi connectivity index (χ0) is 13.5. The van der Waals surface area contributed by atoms with Gasteiger partial charge in [0.25, 0.3) is 5.91 Å². The Balaban J connectivity index is 2.09. The van der Waals surface area contributed by atoms with E-state index in [0.717, 1.165) is 18.5 Å². The van der Waals surface area contributed by atoms with E-state index in [0.29, 0.717) is 17.9 Å². The van der Waals surface area contributed by atoms with Crippen molar-refractivity contribution in [3.63, 3.8) is 0 Å². The summed E-state index contributed by atoms with van der Waals surface area (Å²) in [6.07, 6.45) is 4.33. The molecule has 0 spiro atoms. The van der Waals surface area contributed by atoms with E-state index < -0.39 is 0 Å². The van der Waals surface area contributed by atoms with Crippen molar-refractivity contribution in [1.82, 2.24) is 20.6 Å². The lowest BCUT2D eigenvalue weighted by Crippen LogP contribution is -2.27. The molecule has 0 fully saturated rings. The number of aromatic amines is 1. The second kappa shape index (κ2) is 6.70. The van der Waals surface area contributed by atoms with Crippen molar-refractivity contribution in [2.45, 2.75) is 6.42 Å². The third kappa shape index (κ3) is 3.42. The Morgan fingerprint density at radius 2 is 2.16 bits per heavy atom. The first kappa shape index (κ1) is 13.3. The van der Waals surface area contributed by atoms with Crippen LogP contribution in [0.3, 0.4) is 0 Å². The van der Waals surface area contributed by atoms with Gasteiger partial charge in [-0.3, -0.25) is 4.79 Å². The molecule has 1 amide bonds. The van der Waals surface area contributed by atoms with Crippen LogP contribution < -0.4 is 10.6 Å². The van der Waals surface area contributed by atoms with Crippen molar-refractivity contribution in [1.29, 1.82) is 0 Å². The van der Waals surface area contributed by atoms with Gasteiger partial charge in [0.05, 0.1) is 5.56 Å². The van der Waals surface area contributed by atoms with Crippen LogP contribution in [-0.2, 0) is 0 Å². The maximum absolute atomic E-state index is 12.2. The van der Waals surface area contributed by atoms with Crippen molar-refractivity contribution >= 4 is 5.91 Å². The summed E-state index contributed by atoms with van der Waals surface area (Å²) >= 11 is 0. The van der Waals surface area contributed by atoms with Gasteiger partial charge in [0, 0.05) is 24.5 Å². The van der Waals surface area contributed by atoms with Gasteiger partial charge >= 0.3 is 0 Å². The van der Waals surface area contributed by atoms with Gasteiger partial charge in [0.15, 0.2) is 0 Å². The van der Waals surface area contributed by atoms with Crippen LogP contribution in [0.1, 0.15) is 16.8 Å². The molecule has 0 atom stereocenters. The Morgan fingerprint density at radius 3 is 2.89 bits per heavy atom. The molecule has 1 aromatic heterocycles. The summed E-state index contributed by atoms with van der Waals surface area (Å²) in [7, 11) is 1.90. The largest absolute Gasteiger partial charge is 0.352 e. The van der Waals surface area contributed by atoms with E-state index in [1.165, 1.54) is 0 Å². The van der Waals surface area contributed by atoms with E-state index in [9.17, 15) is 4.79 Å². The first-order valence-corrected chi connectivity index (χ1v) is 6.34. The molecule has 0 aliphatic heterocycles. The van der Waals surface area contributed by atoms with Crippen molar-refractivity contribution in [3.8, 4) is 11.4 Å². The predicted octanol–water partition coefficient (Wildman–Crippen LogP) is 1.42. The number of carbonyl (C=O) groups excluding carboxylic acids is 1. The van der Waals surface area contributed by atoms with Crippen LogP contribution in [-0.4, -0.2) is 36.0 Å². The molecule has 0 unspecified atom stereocenters. The predicted molar refractivity (Wildman–Crippen MR) is 74.9 cm³/mol. The topological polar surface area (TPSA) is 69.8 Å². The maximum atomic E-state index is 12.2. The SMILES string of the molecule is CNCCCNC(=O)c1ccccc1-c1ncc[nH]1. The van der Waals surface area contributed by atoms with Crippen molar-refractivity contribution in [2.75, 3.05) is 20.1 Å². The van der Waals surface area contributed by atoms with Crippen molar-refractivity contribution < 1.29 is 4.79 Å². The summed E-state index contributed by atoms with van der Waals surface area (Å²) in [4.78, 5) is 19.4. The van der Waals surface area contributed by atoms with Crippen LogP contribution in [0.25, 0.3) is 11.4 Å². The Hall–Kier alpha value is -2.14. The minimum Gasteiger partial charge on any atom is -0.352 e. The molecule has 5 heteroatoms. The monoisotopic (exact) mass is 258 g/mol. The molecule has 0 aliphatic rings. The molecular formula is C14H18N4O. The fraction of sp³-hybridized carbons (Fsp3) is 0.286. The summed E-state index contributed by atoms with van der Waals surface area (Å²) in [6, 6.07) is 7.46. The highest BCUT2D eigenvalue weighted by molar-refractivity contribution is 6.00. The molecule has 0 bridgehead atoms. The summed E-state index contributed by atoms with van der Waals surface area (Å²) in [5.74, 6) is 0.643. The number of rotatable bonds is 6. The highest BCUT2D eigenvalue weighted by atomic mass is 16.1. The van der Waals surface area contributed by atoms with E-state index in [1.807, 2.05) is 31.3 Å². The maximum Gasteiger partial charge on any atom is 0.252 e. The summed E-state index contributed by atoms with van der Waals surface area (Å²) < 4.78 is 0. The molecule has 0 radical (unpaired) electrons. The van der Waals surface area contributed by atoms with Crippen LogP contribution >= 0.6 is 0 Å². The Bertz CT molecular complexity index is 522. The lowest BCUT2D eigenvalue weighted by molar-refractivity contribution is 0.0954. The average molecular weight is 258 g/mol. The third-order valence-electron chi connectivity index (χ3n) is 2.81. The van der Waals surface area contributed by atoms with Gasteiger partial charge in [-0.05, 0) is 26.1 Å². The fourth-order valence-electron chi connectivity index (χ4n) is 1.86. The van der Waals surface area contributed by atoms with E-state index in [-0.39, 0.29) is 5.91 Å². The van der Waals surface area contributed by atoms with Gasteiger partial charge in [0.1, 0.15) is 5.82 Å². The van der Waals surface area contributed by atoms with Crippen molar-refractivity contribution in [3.05, 3.63) is 42.2 Å². The first-order valence-electron chi connectivity index (χ1n) is 6.34. The molecule has 3 N–H and O–H groups in total. The zero-order valence-corrected chi connectivity index (χ0v) is 10.9. The normalized spacial score (nSPS) is 10.4. The fourth-order valence-corrected chi connectivity index (χ4v) is 1.86. The van der Waals surface area contributed by atoms with Crippen LogP contribution in [0.5, 0.6) is 0 Å². The lowest BCUT2D eigenvalue weighted by Gasteiger charge is -2.08. The molecule has 2 aromatic rings.